The summed E-state index contributed by atoms with van der Waals surface area (Å²) in [6.07, 6.45) is 13.4. The Labute approximate surface area is 247 Å². The van der Waals surface area contributed by atoms with Crippen molar-refractivity contribution < 1.29 is 37.3 Å². The van der Waals surface area contributed by atoms with Crippen LogP contribution in [0.1, 0.15) is 5.56 Å². The van der Waals surface area contributed by atoms with Crippen molar-refractivity contribution in [2.24, 2.45) is 7.05 Å². The normalized spacial score (nSPS) is 12.2. The molecule has 0 N–H and O–H groups in total. The van der Waals surface area contributed by atoms with Crippen LogP contribution in [-0.2, 0) is 44.4 Å². The fraction of sp³-hybridized carbons (Fsp3) is 0.0357. The number of allylic oxidation sites excluding steroid dienone is 3. The van der Waals surface area contributed by atoms with Gasteiger partial charge in [0.15, 0.2) is 0 Å². The molecule has 1 aromatic carbocycles. The monoisotopic (exact) mass is 710 g/mol. The van der Waals surface area contributed by atoms with E-state index in [0.29, 0.717) is 0 Å². The summed E-state index contributed by atoms with van der Waals surface area (Å²) in [5.41, 5.74) is 9.21. The van der Waals surface area contributed by atoms with Crippen LogP contribution in [0.15, 0.2) is 77.2 Å². The first-order valence-electron chi connectivity index (χ1n) is 11.1. The summed E-state index contributed by atoms with van der Waals surface area (Å²) >= 11 is 8.24. The van der Waals surface area contributed by atoms with E-state index in [1.165, 1.54) is 14.1 Å². The molecule has 0 fully saturated rings. The van der Waals surface area contributed by atoms with E-state index in [9.17, 15) is 0 Å². The zero-order valence-electron chi connectivity index (χ0n) is 19.2. The number of thiophene rings is 2. The SMILES string of the molecule is Cn1c[c-]c(-c2csc3cc4c5ccccc5n([C](=[Rh])/C=C\C=[C-]c5csc6scnc56)c4nc23)c1.[Rh]. The first-order valence-corrected chi connectivity index (χ1v) is 14.6. The minimum Gasteiger partial charge on any atom is 0 e. The number of aryl methyl sites for hydroxylation is 1. The average Bonchev–Trinajstić information content (AvgIpc) is 3.69. The Morgan fingerprint density at radius 1 is 1.11 bits per heavy atom. The Morgan fingerprint density at radius 2 is 2.00 bits per heavy atom. The molecular formula is C28H16N4Rh2S3-2. The number of aromatic nitrogens is 4. The van der Waals surface area contributed by atoms with Gasteiger partial charge in [0.2, 0.25) is 0 Å². The second-order valence-electron chi connectivity index (χ2n) is 8.30. The van der Waals surface area contributed by atoms with Gasteiger partial charge in [-0.05, 0) is 0 Å². The average molecular weight is 710 g/mol. The maximum absolute atomic E-state index is 5.22. The van der Waals surface area contributed by atoms with E-state index in [1.807, 2.05) is 35.5 Å². The van der Waals surface area contributed by atoms with Crippen molar-refractivity contribution in [3.05, 3.63) is 94.9 Å². The second kappa shape index (κ2) is 10.1. The van der Waals surface area contributed by atoms with E-state index in [4.69, 9.17) is 4.98 Å². The molecule has 0 atom stereocenters. The molecular weight excluding hydrogens is 694 g/mol. The van der Waals surface area contributed by atoms with Gasteiger partial charge < -0.3 is 0 Å². The minimum absolute atomic E-state index is 0. The summed E-state index contributed by atoms with van der Waals surface area (Å²) in [4.78, 5) is 9.67. The topological polar surface area (TPSA) is 35.6 Å². The molecule has 6 aromatic heterocycles. The van der Waals surface area contributed by atoms with E-state index in [-0.39, 0.29) is 19.5 Å². The number of para-hydroxylation sites is 1. The van der Waals surface area contributed by atoms with Gasteiger partial charge in [0, 0.05) is 19.5 Å². The van der Waals surface area contributed by atoms with Crippen LogP contribution >= 0.6 is 34.0 Å². The standard InChI is InChI=1S/C28H16N4S3.2Rh/c1-31-12-10-18(14-31)22-16-33-24-13-21-20-8-4-5-9-23(20)32(27(21)30-26(22)24)11-6-2-3-7-19-15-34-28-25(19)29-17-35-28;;/h2-6,8-9,12-17H,1H3;;/q-2;;/b6-2-;;. The molecule has 0 spiro atoms. The number of pyridine rings is 1. The Morgan fingerprint density at radius 3 is 2.86 bits per heavy atom. The van der Waals surface area contributed by atoms with Crippen LogP contribution in [0.2, 0.25) is 0 Å². The Balaban J connectivity index is 0.00000252. The molecule has 186 valence electrons. The van der Waals surface area contributed by atoms with E-state index in [2.05, 4.69) is 92.9 Å². The number of rotatable bonds is 5. The van der Waals surface area contributed by atoms with Gasteiger partial charge in [0.25, 0.3) is 0 Å². The summed E-state index contributed by atoms with van der Waals surface area (Å²) in [6, 6.07) is 14.1. The van der Waals surface area contributed by atoms with Crippen molar-refractivity contribution in [2.75, 3.05) is 0 Å². The molecule has 6 heterocycles. The number of hydrogen-bond acceptors (Lipinski definition) is 5. The molecule has 0 saturated heterocycles. The van der Waals surface area contributed by atoms with Gasteiger partial charge in [0.1, 0.15) is 0 Å². The minimum atomic E-state index is 0. The molecule has 37 heavy (non-hydrogen) atoms. The van der Waals surface area contributed by atoms with Gasteiger partial charge in [-0.25, -0.2) is 0 Å². The van der Waals surface area contributed by atoms with Gasteiger partial charge in [-0.15, -0.1) is 0 Å². The molecule has 0 saturated carbocycles. The predicted molar refractivity (Wildman–Crippen MR) is 150 cm³/mol. The number of fused-ring (bicyclic) bond motifs is 5. The molecule has 0 unspecified atom stereocenters. The first kappa shape index (κ1) is 24.9. The van der Waals surface area contributed by atoms with Crippen molar-refractivity contribution in [2.45, 2.75) is 0 Å². The number of hydrogen-bond donors (Lipinski definition) is 0. The molecule has 7 rings (SSSR count). The summed E-state index contributed by atoms with van der Waals surface area (Å²) in [6.45, 7) is 0. The van der Waals surface area contributed by atoms with Gasteiger partial charge in [-0.1, -0.05) is 0 Å². The summed E-state index contributed by atoms with van der Waals surface area (Å²) < 4.78 is 7.63. The molecule has 1 radical (unpaired) electrons. The fourth-order valence-electron chi connectivity index (χ4n) is 4.42. The number of benzene rings is 1. The molecule has 9 heteroatoms. The van der Waals surface area contributed by atoms with Gasteiger partial charge in [-0.3, -0.25) is 0 Å². The van der Waals surface area contributed by atoms with Crippen molar-refractivity contribution in [1.82, 2.24) is 19.1 Å². The molecule has 0 aliphatic heterocycles. The first-order chi connectivity index (χ1) is 17.7. The zero-order chi connectivity index (χ0) is 24.2. The Hall–Kier alpha value is -2.40. The van der Waals surface area contributed by atoms with Crippen LogP contribution in [0, 0.1) is 12.1 Å². The quantitative estimate of drug-likeness (QED) is 0.106. The second-order valence-corrected chi connectivity index (χ2v) is 12.0. The Kier molecular flexibility index (Phi) is 6.77. The summed E-state index contributed by atoms with van der Waals surface area (Å²) in [5, 5.41) is 6.63. The molecule has 0 amide bonds. The van der Waals surface area contributed by atoms with Crippen LogP contribution in [0.5, 0.6) is 0 Å². The molecule has 7 aromatic rings. The van der Waals surface area contributed by atoms with Crippen LogP contribution in [0.25, 0.3) is 52.8 Å². The summed E-state index contributed by atoms with van der Waals surface area (Å²) in [5.74, 6) is 0. The Bertz CT molecular complexity index is 2000. The van der Waals surface area contributed by atoms with Crippen molar-refractivity contribution in [3.8, 4) is 11.1 Å². The van der Waals surface area contributed by atoms with Crippen molar-refractivity contribution >= 4 is 79.9 Å². The fourth-order valence-corrected chi connectivity index (χ4v) is 7.59. The van der Waals surface area contributed by atoms with Gasteiger partial charge in [0.05, 0.1) is 0 Å². The molecule has 0 bridgehead atoms. The van der Waals surface area contributed by atoms with Crippen molar-refractivity contribution in [1.29, 1.82) is 0 Å². The van der Waals surface area contributed by atoms with E-state index < -0.39 is 0 Å². The molecule has 0 aliphatic carbocycles. The number of nitrogens with zero attached hydrogens (tertiary/aromatic N) is 4. The van der Waals surface area contributed by atoms with Crippen LogP contribution in [0.3, 0.4) is 0 Å². The van der Waals surface area contributed by atoms with E-state index in [1.54, 1.807) is 34.0 Å². The third-order valence-electron chi connectivity index (χ3n) is 6.06. The van der Waals surface area contributed by atoms with E-state index >= 15 is 0 Å². The van der Waals surface area contributed by atoms with Crippen LogP contribution < -0.4 is 0 Å². The predicted octanol–water partition coefficient (Wildman–Crippen LogP) is 7.37. The van der Waals surface area contributed by atoms with Crippen LogP contribution in [-0.4, -0.2) is 23.3 Å². The smallest absolute Gasteiger partial charge is 0 e. The van der Waals surface area contributed by atoms with Crippen molar-refractivity contribution in [3.63, 3.8) is 0 Å². The summed E-state index contributed by atoms with van der Waals surface area (Å²) in [7, 11) is 2.02. The molecule has 0 aliphatic rings. The van der Waals surface area contributed by atoms with Crippen LogP contribution in [0.4, 0.5) is 0 Å². The maximum atomic E-state index is 5.22. The van der Waals surface area contributed by atoms with Gasteiger partial charge >= 0.3 is 230 Å². The number of thiazole rings is 1. The molecule has 4 nitrogen and oxygen atoms in total. The largest absolute Gasteiger partial charge is 0 e. The zero-order valence-corrected chi connectivity index (χ0v) is 24.9. The maximum Gasteiger partial charge on any atom is 0 e. The van der Waals surface area contributed by atoms with Gasteiger partial charge in [-0.2, -0.15) is 0 Å². The third kappa shape index (κ3) is 4.27. The van der Waals surface area contributed by atoms with E-state index in [0.717, 1.165) is 48.5 Å². The third-order valence-corrected chi connectivity index (χ3v) is 9.57.